The first-order valence-electron chi connectivity index (χ1n) is 9.06. The summed E-state index contributed by atoms with van der Waals surface area (Å²) < 4.78 is 4.80. The Kier molecular flexibility index (Phi) is 5.79. The van der Waals surface area contributed by atoms with Crippen LogP contribution in [-0.2, 0) is 19.9 Å². The third-order valence-electron chi connectivity index (χ3n) is 4.75. The van der Waals surface area contributed by atoms with Gasteiger partial charge >= 0.3 is 12.1 Å². The Morgan fingerprint density at radius 1 is 1.14 bits per heavy atom. The van der Waals surface area contributed by atoms with Crippen LogP contribution in [-0.4, -0.2) is 55.6 Å². The highest BCUT2D eigenvalue weighted by Gasteiger charge is 2.50. The van der Waals surface area contributed by atoms with Crippen molar-refractivity contribution in [2.24, 2.45) is 0 Å². The van der Waals surface area contributed by atoms with Crippen LogP contribution in [0.4, 0.5) is 9.59 Å². The van der Waals surface area contributed by atoms with Crippen molar-refractivity contribution in [1.82, 2.24) is 20.9 Å². The zero-order valence-electron chi connectivity index (χ0n) is 16.2. The van der Waals surface area contributed by atoms with Crippen LogP contribution in [0.1, 0.15) is 12.5 Å². The molecule has 9 heteroatoms. The minimum atomic E-state index is -1.32. The van der Waals surface area contributed by atoms with E-state index in [2.05, 4.69) is 16.0 Å². The normalized spacial score (nSPS) is 18.6. The average Bonchev–Trinajstić information content (AvgIpc) is 2.91. The number of rotatable bonds is 6. The largest absolute Gasteiger partial charge is 0.383 e. The van der Waals surface area contributed by atoms with Crippen molar-refractivity contribution in [1.29, 1.82) is 0 Å². The molecule has 0 aliphatic carbocycles. The number of nitrogens with zero attached hydrogens (tertiary/aromatic N) is 1. The maximum atomic E-state index is 13.1. The van der Waals surface area contributed by atoms with Gasteiger partial charge in [-0.05, 0) is 23.3 Å². The first kappa shape index (κ1) is 20.3. The molecule has 2 aromatic rings. The van der Waals surface area contributed by atoms with E-state index in [9.17, 15) is 19.2 Å². The van der Waals surface area contributed by atoms with Crippen LogP contribution < -0.4 is 16.0 Å². The Labute approximate surface area is 167 Å². The highest BCUT2D eigenvalue weighted by molar-refractivity contribution is 6.11. The highest BCUT2D eigenvalue weighted by atomic mass is 16.5. The van der Waals surface area contributed by atoms with Crippen LogP contribution in [0, 0.1) is 0 Å². The van der Waals surface area contributed by atoms with Gasteiger partial charge in [-0.15, -0.1) is 0 Å². The SMILES string of the molecule is COCCNC(=O)NC(=O)CN1C(=O)N[C@](C)(c2cccc3ccccc23)C1=O. The van der Waals surface area contributed by atoms with Crippen LogP contribution >= 0.6 is 0 Å². The molecule has 1 heterocycles. The predicted molar refractivity (Wildman–Crippen MR) is 105 cm³/mol. The highest BCUT2D eigenvalue weighted by Crippen LogP contribution is 2.33. The maximum absolute atomic E-state index is 13.1. The molecule has 152 valence electrons. The number of fused-ring (bicyclic) bond motifs is 1. The summed E-state index contributed by atoms with van der Waals surface area (Å²) in [6, 6.07) is 11.6. The number of amides is 6. The van der Waals surface area contributed by atoms with Crippen molar-refractivity contribution in [2.45, 2.75) is 12.5 Å². The number of urea groups is 2. The van der Waals surface area contributed by atoms with Gasteiger partial charge < -0.3 is 15.4 Å². The summed E-state index contributed by atoms with van der Waals surface area (Å²) >= 11 is 0. The van der Waals surface area contributed by atoms with E-state index in [0.717, 1.165) is 15.7 Å². The molecule has 3 N–H and O–H groups in total. The number of carbonyl (C=O) groups excluding carboxylic acids is 4. The standard InChI is InChI=1S/C20H22N4O5/c1-20(15-9-5-7-13-6-3-4-8-14(13)15)17(26)24(19(28)23-20)12-16(25)22-18(27)21-10-11-29-2/h3-9H,10-12H2,1-2H3,(H,23,28)(H2,21,22,25,27)/t20-/m1/s1. The molecule has 0 bridgehead atoms. The molecule has 0 aromatic heterocycles. The van der Waals surface area contributed by atoms with E-state index < -0.39 is 36.0 Å². The van der Waals surface area contributed by atoms with Crippen LogP contribution in [0.2, 0.25) is 0 Å². The third-order valence-corrected chi connectivity index (χ3v) is 4.75. The van der Waals surface area contributed by atoms with Crippen molar-refractivity contribution in [3.8, 4) is 0 Å². The van der Waals surface area contributed by atoms with Gasteiger partial charge in [-0.25, -0.2) is 9.59 Å². The Morgan fingerprint density at radius 2 is 1.86 bits per heavy atom. The lowest BCUT2D eigenvalue weighted by molar-refractivity contribution is -0.134. The number of methoxy groups -OCH3 is 1. The average molecular weight is 398 g/mol. The number of imide groups is 2. The van der Waals surface area contributed by atoms with Gasteiger partial charge in [0.15, 0.2) is 0 Å². The minimum absolute atomic E-state index is 0.220. The van der Waals surface area contributed by atoms with Crippen LogP contribution in [0.5, 0.6) is 0 Å². The summed E-state index contributed by atoms with van der Waals surface area (Å²) in [6.07, 6.45) is 0. The third kappa shape index (κ3) is 4.04. The van der Waals surface area contributed by atoms with Crippen molar-refractivity contribution in [3.05, 3.63) is 48.0 Å². The van der Waals surface area contributed by atoms with E-state index in [4.69, 9.17) is 4.74 Å². The van der Waals surface area contributed by atoms with E-state index in [1.807, 2.05) is 36.4 Å². The second kappa shape index (κ2) is 8.27. The van der Waals surface area contributed by atoms with E-state index in [-0.39, 0.29) is 13.2 Å². The summed E-state index contributed by atoms with van der Waals surface area (Å²) in [5, 5.41) is 8.95. The Morgan fingerprint density at radius 3 is 2.62 bits per heavy atom. The number of benzene rings is 2. The van der Waals surface area contributed by atoms with E-state index in [0.29, 0.717) is 5.56 Å². The zero-order valence-corrected chi connectivity index (χ0v) is 16.2. The van der Waals surface area contributed by atoms with Gasteiger partial charge in [-0.2, -0.15) is 0 Å². The number of ether oxygens (including phenoxy) is 1. The molecule has 0 spiro atoms. The first-order valence-corrected chi connectivity index (χ1v) is 9.06. The molecule has 2 aromatic carbocycles. The van der Waals surface area contributed by atoms with Gasteiger partial charge in [0.2, 0.25) is 5.91 Å². The summed E-state index contributed by atoms with van der Waals surface area (Å²) in [7, 11) is 1.48. The summed E-state index contributed by atoms with van der Waals surface area (Å²) in [5.41, 5.74) is -0.687. The van der Waals surface area contributed by atoms with Gasteiger partial charge in [0, 0.05) is 13.7 Å². The minimum Gasteiger partial charge on any atom is -0.383 e. The summed E-state index contributed by atoms with van der Waals surface area (Å²) in [6.45, 7) is 1.54. The zero-order chi connectivity index (χ0) is 21.0. The Balaban J connectivity index is 1.75. The molecule has 6 amide bonds. The summed E-state index contributed by atoms with van der Waals surface area (Å²) in [5.74, 6) is -1.33. The molecular weight excluding hydrogens is 376 g/mol. The fourth-order valence-electron chi connectivity index (χ4n) is 3.31. The van der Waals surface area contributed by atoms with Gasteiger partial charge in [-0.3, -0.25) is 19.8 Å². The van der Waals surface area contributed by atoms with Crippen LogP contribution in [0.25, 0.3) is 10.8 Å². The quantitative estimate of drug-likeness (QED) is 0.497. The van der Waals surface area contributed by atoms with Crippen molar-refractivity contribution < 1.29 is 23.9 Å². The van der Waals surface area contributed by atoms with Crippen molar-refractivity contribution >= 4 is 34.6 Å². The maximum Gasteiger partial charge on any atom is 0.325 e. The second-order valence-electron chi connectivity index (χ2n) is 6.77. The number of hydrogen-bond acceptors (Lipinski definition) is 5. The topological polar surface area (TPSA) is 117 Å². The molecule has 0 saturated carbocycles. The van der Waals surface area contributed by atoms with Gasteiger partial charge in [-0.1, -0.05) is 42.5 Å². The fraction of sp³-hybridized carbons (Fsp3) is 0.300. The molecule has 1 fully saturated rings. The molecule has 0 unspecified atom stereocenters. The molecule has 9 nitrogen and oxygen atoms in total. The van der Waals surface area contributed by atoms with Crippen LogP contribution in [0.3, 0.4) is 0 Å². The molecule has 29 heavy (non-hydrogen) atoms. The van der Waals surface area contributed by atoms with Gasteiger partial charge in [0.1, 0.15) is 12.1 Å². The molecule has 1 aliphatic heterocycles. The number of carbonyl (C=O) groups is 4. The lowest BCUT2D eigenvalue weighted by atomic mass is 9.88. The van der Waals surface area contributed by atoms with Crippen molar-refractivity contribution in [2.75, 3.05) is 26.8 Å². The van der Waals surface area contributed by atoms with E-state index >= 15 is 0 Å². The fourth-order valence-corrected chi connectivity index (χ4v) is 3.31. The molecule has 1 aliphatic rings. The van der Waals surface area contributed by atoms with Gasteiger partial charge in [0.25, 0.3) is 5.91 Å². The number of nitrogens with one attached hydrogen (secondary N) is 3. The lowest BCUT2D eigenvalue weighted by Crippen LogP contribution is -2.47. The van der Waals surface area contributed by atoms with Crippen molar-refractivity contribution in [3.63, 3.8) is 0 Å². The van der Waals surface area contributed by atoms with Crippen LogP contribution in [0.15, 0.2) is 42.5 Å². The Hall–Kier alpha value is -3.46. The monoisotopic (exact) mass is 398 g/mol. The lowest BCUT2D eigenvalue weighted by Gasteiger charge is -2.24. The van der Waals surface area contributed by atoms with E-state index in [1.54, 1.807) is 13.0 Å². The first-order chi connectivity index (χ1) is 13.9. The molecular formula is C20H22N4O5. The molecule has 1 saturated heterocycles. The molecule has 3 rings (SSSR count). The van der Waals surface area contributed by atoms with Gasteiger partial charge in [0.05, 0.1) is 6.61 Å². The summed E-state index contributed by atoms with van der Waals surface area (Å²) in [4.78, 5) is 50.1. The molecule has 1 atom stereocenters. The molecule has 0 radical (unpaired) electrons. The van der Waals surface area contributed by atoms with E-state index in [1.165, 1.54) is 7.11 Å². The Bertz CT molecular complexity index is 971. The second-order valence-corrected chi connectivity index (χ2v) is 6.77. The number of hydrogen-bond donors (Lipinski definition) is 3. The smallest absolute Gasteiger partial charge is 0.325 e. The predicted octanol–water partition coefficient (Wildman–Crippen LogP) is 1.08.